The van der Waals surface area contributed by atoms with Gasteiger partial charge in [0.15, 0.2) is 0 Å². The summed E-state index contributed by atoms with van der Waals surface area (Å²) in [6, 6.07) is 1.80. The molecule has 0 amide bonds. The fourth-order valence-electron chi connectivity index (χ4n) is 1.05. The number of aliphatic hydroxyl groups is 1. The summed E-state index contributed by atoms with van der Waals surface area (Å²) in [5.74, 6) is -0.128. The highest BCUT2D eigenvalue weighted by Gasteiger charge is 2.20. The monoisotopic (exact) mass is 199 g/mol. The van der Waals surface area contributed by atoms with Crippen LogP contribution in [0.1, 0.15) is 33.1 Å². The first-order valence-electron chi connectivity index (χ1n) is 4.61. The third-order valence-corrected chi connectivity index (χ3v) is 2.11. The summed E-state index contributed by atoms with van der Waals surface area (Å²) in [6.07, 6.45) is 1.34. The van der Waals surface area contributed by atoms with E-state index in [1.807, 2.05) is 6.92 Å². The van der Waals surface area contributed by atoms with E-state index in [0.29, 0.717) is 19.3 Å². The van der Waals surface area contributed by atoms with Gasteiger partial charge in [0.05, 0.1) is 13.2 Å². The lowest BCUT2D eigenvalue weighted by molar-refractivity contribution is -0.141. The number of nitriles is 1. The maximum absolute atomic E-state index is 10.9. The van der Waals surface area contributed by atoms with E-state index in [1.165, 1.54) is 14.0 Å². The van der Waals surface area contributed by atoms with Gasteiger partial charge in [-0.15, -0.1) is 0 Å². The molecule has 2 unspecified atom stereocenters. The first-order chi connectivity index (χ1) is 6.41. The van der Waals surface area contributed by atoms with Gasteiger partial charge in [-0.25, -0.2) is 0 Å². The van der Waals surface area contributed by atoms with Crippen LogP contribution in [-0.4, -0.2) is 23.8 Å². The number of rotatable bonds is 5. The largest absolute Gasteiger partial charge is 0.469 e. The summed E-state index contributed by atoms with van der Waals surface area (Å²) in [7, 11) is 1.35. The SMILES string of the molecule is COC(=O)CC(C)CCC(C)(O)C#N. The molecule has 14 heavy (non-hydrogen) atoms. The summed E-state index contributed by atoms with van der Waals surface area (Å²) in [4.78, 5) is 10.9. The van der Waals surface area contributed by atoms with Crippen molar-refractivity contribution in [1.82, 2.24) is 0 Å². The smallest absolute Gasteiger partial charge is 0.305 e. The van der Waals surface area contributed by atoms with E-state index in [4.69, 9.17) is 5.26 Å². The van der Waals surface area contributed by atoms with Crippen molar-refractivity contribution in [2.24, 2.45) is 5.92 Å². The zero-order valence-electron chi connectivity index (χ0n) is 8.91. The zero-order valence-corrected chi connectivity index (χ0v) is 8.91. The molecule has 0 spiro atoms. The molecule has 0 aliphatic carbocycles. The lowest BCUT2D eigenvalue weighted by atomic mass is 9.94. The molecule has 0 bridgehead atoms. The Labute approximate surface area is 84.5 Å². The molecule has 0 radical (unpaired) electrons. The van der Waals surface area contributed by atoms with Crippen LogP contribution in [0.5, 0.6) is 0 Å². The molecule has 0 heterocycles. The van der Waals surface area contributed by atoms with E-state index >= 15 is 0 Å². The first kappa shape index (κ1) is 12.9. The van der Waals surface area contributed by atoms with Crippen LogP contribution in [0.25, 0.3) is 0 Å². The second-order valence-electron chi connectivity index (χ2n) is 3.81. The van der Waals surface area contributed by atoms with Gasteiger partial charge in [0.25, 0.3) is 0 Å². The Morgan fingerprint density at radius 1 is 1.71 bits per heavy atom. The summed E-state index contributed by atoms with van der Waals surface area (Å²) in [6.45, 7) is 3.36. The van der Waals surface area contributed by atoms with E-state index in [2.05, 4.69) is 4.74 Å². The van der Waals surface area contributed by atoms with Gasteiger partial charge in [-0.3, -0.25) is 4.79 Å². The van der Waals surface area contributed by atoms with E-state index in [0.717, 1.165) is 0 Å². The van der Waals surface area contributed by atoms with Gasteiger partial charge in [0.1, 0.15) is 5.60 Å². The molecule has 0 aliphatic rings. The van der Waals surface area contributed by atoms with Crippen LogP contribution in [-0.2, 0) is 9.53 Å². The first-order valence-corrected chi connectivity index (χ1v) is 4.61. The van der Waals surface area contributed by atoms with E-state index in [9.17, 15) is 9.90 Å². The Kier molecular flexibility index (Phi) is 5.18. The van der Waals surface area contributed by atoms with Crippen LogP contribution < -0.4 is 0 Å². The van der Waals surface area contributed by atoms with Gasteiger partial charge in [0.2, 0.25) is 0 Å². The highest BCUT2D eigenvalue weighted by Crippen LogP contribution is 2.18. The molecule has 2 atom stereocenters. The van der Waals surface area contributed by atoms with Crippen molar-refractivity contribution < 1.29 is 14.6 Å². The van der Waals surface area contributed by atoms with Gasteiger partial charge in [0, 0.05) is 6.42 Å². The second kappa shape index (κ2) is 5.61. The lowest BCUT2D eigenvalue weighted by Gasteiger charge is -2.16. The van der Waals surface area contributed by atoms with Gasteiger partial charge in [-0.1, -0.05) is 6.92 Å². The molecule has 0 saturated carbocycles. The zero-order chi connectivity index (χ0) is 11.2. The number of nitrogens with zero attached hydrogens (tertiary/aromatic N) is 1. The fraction of sp³-hybridized carbons (Fsp3) is 0.800. The number of hydrogen-bond acceptors (Lipinski definition) is 4. The Balaban J connectivity index is 3.81. The van der Waals surface area contributed by atoms with Crippen molar-refractivity contribution >= 4 is 5.97 Å². The van der Waals surface area contributed by atoms with Gasteiger partial charge < -0.3 is 9.84 Å². The Bertz CT molecular complexity index is 230. The predicted molar refractivity (Wildman–Crippen MR) is 51.3 cm³/mol. The molecular weight excluding hydrogens is 182 g/mol. The van der Waals surface area contributed by atoms with E-state index < -0.39 is 5.60 Å². The number of methoxy groups -OCH3 is 1. The molecule has 0 aromatic rings. The molecule has 80 valence electrons. The highest BCUT2D eigenvalue weighted by molar-refractivity contribution is 5.69. The molecule has 0 rings (SSSR count). The van der Waals surface area contributed by atoms with Crippen molar-refractivity contribution in [3.8, 4) is 6.07 Å². The molecule has 0 saturated heterocycles. The molecule has 0 aromatic heterocycles. The third-order valence-electron chi connectivity index (χ3n) is 2.11. The van der Waals surface area contributed by atoms with Crippen molar-refractivity contribution in [2.45, 2.75) is 38.7 Å². The molecule has 4 heteroatoms. The molecule has 0 aromatic carbocycles. The van der Waals surface area contributed by atoms with Crippen LogP contribution in [0.2, 0.25) is 0 Å². The van der Waals surface area contributed by atoms with Crippen molar-refractivity contribution in [3.05, 3.63) is 0 Å². The van der Waals surface area contributed by atoms with Gasteiger partial charge in [-0.05, 0) is 25.7 Å². The summed E-state index contributed by atoms with van der Waals surface area (Å²) in [5.41, 5.74) is -1.29. The number of esters is 1. The minimum absolute atomic E-state index is 0.127. The van der Waals surface area contributed by atoms with Crippen LogP contribution in [0, 0.1) is 17.2 Å². The summed E-state index contributed by atoms with van der Waals surface area (Å²) >= 11 is 0. The summed E-state index contributed by atoms with van der Waals surface area (Å²) < 4.78 is 4.51. The van der Waals surface area contributed by atoms with E-state index in [1.54, 1.807) is 6.07 Å². The van der Waals surface area contributed by atoms with Crippen LogP contribution >= 0.6 is 0 Å². The van der Waals surface area contributed by atoms with Gasteiger partial charge >= 0.3 is 5.97 Å². The van der Waals surface area contributed by atoms with Crippen LogP contribution in [0.15, 0.2) is 0 Å². The Morgan fingerprint density at radius 2 is 2.29 bits per heavy atom. The topological polar surface area (TPSA) is 70.3 Å². The molecule has 4 nitrogen and oxygen atoms in total. The standard InChI is InChI=1S/C10H17NO3/c1-8(6-9(12)14-3)4-5-10(2,13)7-11/h8,13H,4-6H2,1-3H3. The molecule has 0 fully saturated rings. The Hall–Kier alpha value is -1.08. The lowest BCUT2D eigenvalue weighted by Crippen LogP contribution is -2.22. The Morgan fingerprint density at radius 3 is 2.71 bits per heavy atom. The number of ether oxygens (including phenoxy) is 1. The normalized spacial score (nSPS) is 16.5. The van der Waals surface area contributed by atoms with Crippen LogP contribution in [0.3, 0.4) is 0 Å². The number of carbonyl (C=O) groups is 1. The average Bonchev–Trinajstić information content (AvgIpc) is 2.15. The maximum Gasteiger partial charge on any atom is 0.305 e. The maximum atomic E-state index is 10.9. The minimum atomic E-state index is -1.29. The molecule has 1 N–H and O–H groups in total. The van der Waals surface area contributed by atoms with E-state index in [-0.39, 0.29) is 11.9 Å². The van der Waals surface area contributed by atoms with Crippen LogP contribution in [0.4, 0.5) is 0 Å². The van der Waals surface area contributed by atoms with Gasteiger partial charge in [-0.2, -0.15) is 5.26 Å². The number of carbonyl (C=O) groups excluding carboxylic acids is 1. The fourth-order valence-corrected chi connectivity index (χ4v) is 1.05. The van der Waals surface area contributed by atoms with Crippen molar-refractivity contribution in [2.75, 3.05) is 7.11 Å². The average molecular weight is 199 g/mol. The molecular formula is C10H17NO3. The summed E-state index contributed by atoms with van der Waals surface area (Å²) in [5, 5.41) is 17.9. The quantitative estimate of drug-likeness (QED) is 0.534. The van der Waals surface area contributed by atoms with Crippen molar-refractivity contribution in [1.29, 1.82) is 5.26 Å². The highest BCUT2D eigenvalue weighted by atomic mass is 16.5. The minimum Gasteiger partial charge on any atom is -0.469 e. The predicted octanol–water partition coefficient (Wildman–Crippen LogP) is 1.24. The third kappa shape index (κ3) is 5.55. The molecule has 0 aliphatic heterocycles. The number of hydrogen-bond donors (Lipinski definition) is 1. The van der Waals surface area contributed by atoms with Crippen molar-refractivity contribution in [3.63, 3.8) is 0 Å². The second-order valence-corrected chi connectivity index (χ2v) is 3.81.